The molecule has 0 amide bonds. The van der Waals surface area contributed by atoms with Gasteiger partial charge in [0.05, 0.1) is 22.7 Å². The molecule has 1 unspecified atom stereocenters. The molecular formula is C16H19Cl2N3O. The summed E-state index contributed by atoms with van der Waals surface area (Å²) in [6.07, 6.45) is 6.45. The fourth-order valence-corrected chi connectivity index (χ4v) is 2.96. The fraction of sp³-hybridized carbons (Fsp3) is 0.438. The third-order valence-corrected chi connectivity index (χ3v) is 4.56. The molecule has 118 valence electrons. The summed E-state index contributed by atoms with van der Waals surface area (Å²) < 4.78 is 7.72. The van der Waals surface area contributed by atoms with E-state index in [1.54, 1.807) is 0 Å². The average molecular weight is 340 g/mol. The molecule has 1 aromatic heterocycles. The summed E-state index contributed by atoms with van der Waals surface area (Å²) in [7, 11) is 0. The maximum atomic E-state index is 6.07. The first kappa shape index (κ1) is 15.8. The molecule has 1 fully saturated rings. The number of imidazole rings is 1. The summed E-state index contributed by atoms with van der Waals surface area (Å²) in [4.78, 5) is 4.42. The molecule has 0 saturated carbocycles. The standard InChI is InChI=1S/C16H19Cl2N3O/c17-14-4-3-12(8-15(14)18)11-21-6-5-20-16(21)10-19-9-13-2-1-7-22-13/h3-6,8,13,19H,1-2,7,9-11H2. The van der Waals surface area contributed by atoms with Gasteiger partial charge in [0.15, 0.2) is 0 Å². The van der Waals surface area contributed by atoms with Gasteiger partial charge in [-0.25, -0.2) is 4.98 Å². The van der Waals surface area contributed by atoms with Crippen molar-refractivity contribution in [1.82, 2.24) is 14.9 Å². The molecule has 1 aliphatic rings. The van der Waals surface area contributed by atoms with Gasteiger partial charge in [-0.2, -0.15) is 0 Å². The molecule has 1 saturated heterocycles. The predicted molar refractivity (Wildman–Crippen MR) is 88.5 cm³/mol. The van der Waals surface area contributed by atoms with Crippen molar-refractivity contribution in [3.63, 3.8) is 0 Å². The average Bonchev–Trinajstić information content (AvgIpc) is 3.16. The molecule has 6 heteroatoms. The lowest BCUT2D eigenvalue weighted by Gasteiger charge is -2.12. The Morgan fingerprint density at radius 1 is 1.32 bits per heavy atom. The maximum absolute atomic E-state index is 6.07. The van der Waals surface area contributed by atoms with Crippen molar-refractivity contribution in [1.29, 1.82) is 0 Å². The van der Waals surface area contributed by atoms with Crippen LogP contribution in [-0.2, 0) is 17.8 Å². The van der Waals surface area contributed by atoms with Crippen LogP contribution in [0.4, 0.5) is 0 Å². The minimum Gasteiger partial charge on any atom is -0.377 e. The van der Waals surface area contributed by atoms with Crippen LogP contribution in [0.3, 0.4) is 0 Å². The van der Waals surface area contributed by atoms with Gasteiger partial charge >= 0.3 is 0 Å². The van der Waals surface area contributed by atoms with Crippen LogP contribution in [0.5, 0.6) is 0 Å². The largest absolute Gasteiger partial charge is 0.377 e. The van der Waals surface area contributed by atoms with Crippen molar-refractivity contribution in [2.45, 2.75) is 32.0 Å². The molecule has 0 radical (unpaired) electrons. The number of hydrogen-bond acceptors (Lipinski definition) is 3. The Balaban J connectivity index is 1.57. The number of rotatable bonds is 6. The Morgan fingerprint density at radius 3 is 3.00 bits per heavy atom. The van der Waals surface area contributed by atoms with Gasteiger partial charge in [-0.15, -0.1) is 0 Å². The molecule has 22 heavy (non-hydrogen) atoms. The summed E-state index contributed by atoms with van der Waals surface area (Å²) in [5.74, 6) is 1.00. The normalized spacial score (nSPS) is 18.0. The zero-order valence-electron chi connectivity index (χ0n) is 12.3. The van der Waals surface area contributed by atoms with Crippen LogP contribution in [0.25, 0.3) is 0 Å². The molecule has 0 bridgehead atoms. The molecular weight excluding hydrogens is 321 g/mol. The Bertz CT molecular complexity index is 624. The van der Waals surface area contributed by atoms with Crippen molar-refractivity contribution in [2.75, 3.05) is 13.2 Å². The van der Waals surface area contributed by atoms with Gasteiger partial charge in [-0.3, -0.25) is 0 Å². The molecule has 1 atom stereocenters. The van der Waals surface area contributed by atoms with E-state index in [-0.39, 0.29) is 0 Å². The summed E-state index contributed by atoms with van der Waals surface area (Å²) in [6.45, 7) is 3.22. The second kappa shape index (κ2) is 7.47. The van der Waals surface area contributed by atoms with Crippen molar-refractivity contribution in [3.05, 3.63) is 52.0 Å². The second-order valence-corrected chi connectivity index (χ2v) is 6.30. The van der Waals surface area contributed by atoms with E-state index in [9.17, 15) is 0 Å². The topological polar surface area (TPSA) is 39.1 Å². The van der Waals surface area contributed by atoms with E-state index < -0.39 is 0 Å². The third kappa shape index (κ3) is 4.02. The number of aromatic nitrogens is 2. The van der Waals surface area contributed by atoms with Gasteiger partial charge in [0, 0.05) is 32.1 Å². The van der Waals surface area contributed by atoms with E-state index in [0.29, 0.717) is 16.1 Å². The third-order valence-electron chi connectivity index (χ3n) is 3.82. The first-order valence-electron chi connectivity index (χ1n) is 7.48. The van der Waals surface area contributed by atoms with Crippen molar-refractivity contribution in [2.24, 2.45) is 0 Å². The molecule has 0 spiro atoms. The van der Waals surface area contributed by atoms with Crippen LogP contribution in [-0.4, -0.2) is 28.8 Å². The van der Waals surface area contributed by atoms with E-state index in [2.05, 4.69) is 14.9 Å². The van der Waals surface area contributed by atoms with E-state index in [0.717, 1.165) is 50.5 Å². The molecule has 1 N–H and O–H groups in total. The second-order valence-electron chi connectivity index (χ2n) is 5.49. The van der Waals surface area contributed by atoms with Crippen LogP contribution in [0.2, 0.25) is 10.0 Å². The smallest absolute Gasteiger partial charge is 0.122 e. The lowest BCUT2D eigenvalue weighted by Crippen LogP contribution is -2.27. The van der Waals surface area contributed by atoms with Crippen LogP contribution >= 0.6 is 23.2 Å². The van der Waals surface area contributed by atoms with Crippen molar-refractivity contribution < 1.29 is 4.74 Å². The number of ether oxygens (including phenoxy) is 1. The summed E-state index contributed by atoms with van der Waals surface area (Å²) in [5, 5.41) is 4.58. The highest BCUT2D eigenvalue weighted by Gasteiger charge is 2.15. The highest BCUT2D eigenvalue weighted by Crippen LogP contribution is 2.23. The van der Waals surface area contributed by atoms with Crippen molar-refractivity contribution in [3.8, 4) is 0 Å². The zero-order chi connectivity index (χ0) is 15.4. The predicted octanol–water partition coefficient (Wildman–Crippen LogP) is 3.51. The number of halogens is 2. The summed E-state index contributed by atoms with van der Waals surface area (Å²) in [5.41, 5.74) is 1.10. The van der Waals surface area contributed by atoms with Gasteiger partial charge in [0.2, 0.25) is 0 Å². The lowest BCUT2D eigenvalue weighted by molar-refractivity contribution is 0.109. The highest BCUT2D eigenvalue weighted by atomic mass is 35.5. The lowest BCUT2D eigenvalue weighted by atomic mass is 10.2. The van der Waals surface area contributed by atoms with Crippen molar-refractivity contribution >= 4 is 23.2 Å². The SMILES string of the molecule is Clc1ccc(Cn2ccnc2CNCC2CCCO2)cc1Cl. The van der Waals surface area contributed by atoms with E-state index in [1.165, 1.54) is 0 Å². The molecule has 4 nitrogen and oxygen atoms in total. The highest BCUT2D eigenvalue weighted by molar-refractivity contribution is 6.42. The Morgan fingerprint density at radius 2 is 2.23 bits per heavy atom. The van der Waals surface area contributed by atoms with Crippen LogP contribution in [0.15, 0.2) is 30.6 Å². The van der Waals surface area contributed by atoms with E-state index in [4.69, 9.17) is 27.9 Å². The molecule has 1 aliphatic heterocycles. The zero-order valence-corrected chi connectivity index (χ0v) is 13.8. The number of nitrogens with zero attached hydrogens (tertiary/aromatic N) is 2. The number of nitrogens with one attached hydrogen (secondary N) is 1. The van der Waals surface area contributed by atoms with Crippen LogP contribution < -0.4 is 5.32 Å². The first-order chi connectivity index (χ1) is 10.7. The van der Waals surface area contributed by atoms with Gasteiger partial charge in [0.1, 0.15) is 5.82 Å². The first-order valence-corrected chi connectivity index (χ1v) is 8.24. The fourth-order valence-electron chi connectivity index (χ4n) is 2.64. The molecule has 2 aromatic rings. The minimum atomic E-state index is 0.346. The molecule has 3 rings (SSSR count). The van der Waals surface area contributed by atoms with Gasteiger partial charge in [-0.05, 0) is 30.5 Å². The van der Waals surface area contributed by atoms with Gasteiger partial charge in [-0.1, -0.05) is 29.3 Å². The van der Waals surface area contributed by atoms with Gasteiger partial charge in [0.25, 0.3) is 0 Å². The van der Waals surface area contributed by atoms with E-state index >= 15 is 0 Å². The number of benzene rings is 1. The van der Waals surface area contributed by atoms with Crippen LogP contribution in [0, 0.1) is 0 Å². The maximum Gasteiger partial charge on any atom is 0.122 e. The van der Waals surface area contributed by atoms with Gasteiger partial charge < -0.3 is 14.6 Å². The molecule has 2 heterocycles. The summed E-state index contributed by atoms with van der Waals surface area (Å²) >= 11 is 12.0. The Kier molecular flexibility index (Phi) is 5.37. The molecule has 1 aromatic carbocycles. The monoisotopic (exact) mass is 339 g/mol. The van der Waals surface area contributed by atoms with Crippen LogP contribution in [0.1, 0.15) is 24.2 Å². The quantitative estimate of drug-likeness (QED) is 0.875. The Hall–Kier alpha value is -1.07. The summed E-state index contributed by atoms with van der Waals surface area (Å²) in [6, 6.07) is 5.71. The number of hydrogen-bond donors (Lipinski definition) is 1. The Labute approximate surface area is 140 Å². The van der Waals surface area contributed by atoms with E-state index in [1.807, 2.05) is 30.6 Å². The minimum absolute atomic E-state index is 0.346. The molecule has 0 aliphatic carbocycles.